The van der Waals surface area contributed by atoms with E-state index in [1.165, 1.54) is 18.2 Å². The summed E-state index contributed by atoms with van der Waals surface area (Å²) in [6, 6.07) is 11.5. The Hall–Kier alpha value is -2.60. The van der Waals surface area contributed by atoms with Gasteiger partial charge in [0.15, 0.2) is 0 Å². The van der Waals surface area contributed by atoms with Gasteiger partial charge >= 0.3 is 0 Å². The summed E-state index contributed by atoms with van der Waals surface area (Å²) in [4.78, 5) is 26.6. The number of carbonyl (C=O) groups is 2. The number of carbonyl (C=O) groups excluding carboxylic acids is 2. The molecule has 1 saturated carbocycles. The van der Waals surface area contributed by atoms with Crippen molar-refractivity contribution in [3.8, 4) is 5.75 Å². The van der Waals surface area contributed by atoms with E-state index in [-0.39, 0.29) is 22.8 Å². The van der Waals surface area contributed by atoms with Crippen LogP contribution in [0, 0.1) is 11.7 Å². The second-order valence-electron chi connectivity index (χ2n) is 7.97. The van der Waals surface area contributed by atoms with Gasteiger partial charge in [0.25, 0.3) is 11.8 Å². The molecule has 158 valence electrons. The zero-order valence-corrected chi connectivity index (χ0v) is 17.3. The monoisotopic (exact) mass is 430 g/mol. The molecule has 1 unspecified atom stereocenters. The second kappa shape index (κ2) is 9.04. The first kappa shape index (κ1) is 20.7. The topological polar surface area (TPSA) is 58.6 Å². The van der Waals surface area contributed by atoms with Crippen LogP contribution in [0.1, 0.15) is 46.4 Å². The predicted octanol–water partition coefficient (Wildman–Crippen LogP) is 4.30. The van der Waals surface area contributed by atoms with Crippen LogP contribution < -0.4 is 10.1 Å². The molecule has 5 nitrogen and oxygen atoms in total. The third-order valence-corrected chi connectivity index (χ3v) is 5.78. The van der Waals surface area contributed by atoms with Gasteiger partial charge in [0.1, 0.15) is 11.6 Å². The minimum atomic E-state index is -0.533. The third kappa shape index (κ3) is 5.11. The normalized spacial score (nSPS) is 18.7. The summed E-state index contributed by atoms with van der Waals surface area (Å²) >= 11 is 5.81. The molecular formula is C23H24ClFN2O3. The number of nitrogens with one attached hydrogen (secondary N) is 1. The van der Waals surface area contributed by atoms with Gasteiger partial charge in [0.2, 0.25) is 0 Å². The lowest BCUT2D eigenvalue weighted by Gasteiger charge is -2.32. The molecule has 1 saturated heterocycles. The Labute approximate surface area is 180 Å². The number of amides is 2. The lowest BCUT2D eigenvalue weighted by atomic mass is 9.98. The molecule has 1 heterocycles. The SMILES string of the molecule is O=C(NC1CC1)c1ccc(OCC2CCCN(C(=O)c3ccc(F)c(Cl)c3)C2)cc1. The summed E-state index contributed by atoms with van der Waals surface area (Å²) in [7, 11) is 0. The number of benzene rings is 2. The molecule has 7 heteroatoms. The van der Waals surface area contributed by atoms with Crippen LogP contribution in [0.2, 0.25) is 5.02 Å². The van der Waals surface area contributed by atoms with E-state index in [9.17, 15) is 14.0 Å². The molecular weight excluding hydrogens is 407 g/mol. The van der Waals surface area contributed by atoms with Gasteiger partial charge in [-0.25, -0.2) is 4.39 Å². The van der Waals surface area contributed by atoms with Crippen molar-refractivity contribution in [2.75, 3.05) is 19.7 Å². The van der Waals surface area contributed by atoms with Gasteiger partial charge in [-0.1, -0.05) is 11.6 Å². The first-order chi connectivity index (χ1) is 14.5. The Morgan fingerprint density at radius 1 is 1.10 bits per heavy atom. The molecule has 30 heavy (non-hydrogen) atoms. The van der Waals surface area contributed by atoms with Gasteiger partial charge in [-0.05, 0) is 68.1 Å². The fourth-order valence-electron chi connectivity index (χ4n) is 3.61. The Balaban J connectivity index is 1.30. The summed E-state index contributed by atoms with van der Waals surface area (Å²) in [6.45, 7) is 1.73. The van der Waals surface area contributed by atoms with Crippen LogP contribution in [0.25, 0.3) is 0 Å². The number of likely N-dealkylation sites (tertiary alicyclic amines) is 1. The summed E-state index contributed by atoms with van der Waals surface area (Å²) in [6.07, 6.45) is 3.97. The second-order valence-corrected chi connectivity index (χ2v) is 8.38. The van der Waals surface area contributed by atoms with Crippen LogP contribution in [0.15, 0.2) is 42.5 Å². The zero-order chi connectivity index (χ0) is 21.1. The van der Waals surface area contributed by atoms with E-state index in [0.29, 0.717) is 42.6 Å². The standard InChI is InChI=1S/C23H24ClFN2O3/c24-20-12-17(5-10-21(20)25)23(29)27-11-1-2-15(13-27)14-30-19-8-3-16(4-9-19)22(28)26-18-6-7-18/h3-5,8-10,12,15,18H,1-2,6-7,11,13-14H2,(H,26,28). The summed E-state index contributed by atoms with van der Waals surface area (Å²) in [5.41, 5.74) is 1.02. The molecule has 2 aromatic carbocycles. The lowest BCUT2D eigenvalue weighted by Crippen LogP contribution is -2.41. The molecule has 1 N–H and O–H groups in total. The van der Waals surface area contributed by atoms with Crippen molar-refractivity contribution >= 4 is 23.4 Å². The molecule has 0 bridgehead atoms. The molecule has 2 amide bonds. The van der Waals surface area contributed by atoms with Crippen LogP contribution >= 0.6 is 11.6 Å². The Kier molecular flexibility index (Phi) is 6.23. The van der Waals surface area contributed by atoms with Gasteiger partial charge in [-0.15, -0.1) is 0 Å². The Morgan fingerprint density at radius 3 is 2.53 bits per heavy atom. The number of hydrogen-bond acceptors (Lipinski definition) is 3. The number of hydrogen-bond donors (Lipinski definition) is 1. The summed E-state index contributed by atoms with van der Waals surface area (Å²) in [5.74, 6) is 0.177. The van der Waals surface area contributed by atoms with Crippen molar-refractivity contribution < 1.29 is 18.7 Å². The van der Waals surface area contributed by atoms with Crippen molar-refractivity contribution in [3.05, 3.63) is 64.4 Å². The highest BCUT2D eigenvalue weighted by atomic mass is 35.5. The molecule has 4 rings (SSSR count). The van der Waals surface area contributed by atoms with Gasteiger partial charge in [0, 0.05) is 36.2 Å². The minimum Gasteiger partial charge on any atom is -0.493 e. The van der Waals surface area contributed by atoms with Crippen molar-refractivity contribution in [1.82, 2.24) is 10.2 Å². The minimum absolute atomic E-state index is 0.0491. The van der Waals surface area contributed by atoms with E-state index in [1.807, 2.05) is 0 Å². The van der Waals surface area contributed by atoms with Crippen molar-refractivity contribution in [2.24, 2.45) is 5.92 Å². The number of piperidine rings is 1. The summed E-state index contributed by atoms with van der Waals surface area (Å²) in [5, 5.41) is 2.91. The summed E-state index contributed by atoms with van der Waals surface area (Å²) < 4.78 is 19.3. The number of rotatable bonds is 6. The van der Waals surface area contributed by atoms with Crippen molar-refractivity contribution in [3.63, 3.8) is 0 Å². The van der Waals surface area contributed by atoms with Crippen molar-refractivity contribution in [1.29, 1.82) is 0 Å². The lowest BCUT2D eigenvalue weighted by molar-refractivity contribution is 0.0633. The van der Waals surface area contributed by atoms with Gasteiger partial charge < -0.3 is 15.0 Å². The predicted molar refractivity (Wildman–Crippen MR) is 112 cm³/mol. The van der Waals surface area contributed by atoms with Crippen molar-refractivity contribution in [2.45, 2.75) is 31.7 Å². The molecule has 0 radical (unpaired) electrons. The zero-order valence-electron chi connectivity index (χ0n) is 16.6. The van der Waals surface area contributed by atoms with Crippen LogP contribution in [0.3, 0.4) is 0 Å². The first-order valence-corrected chi connectivity index (χ1v) is 10.7. The average Bonchev–Trinajstić information content (AvgIpc) is 3.58. The smallest absolute Gasteiger partial charge is 0.253 e. The maximum absolute atomic E-state index is 13.4. The highest BCUT2D eigenvalue weighted by molar-refractivity contribution is 6.31. The Morgan fingerprint density at radius 2 is 1.83 bits per heavy atom. The fraction of sp³-hybridized carbons (Fsp3) is 0.391. The molecule has 1 atom stereocenters. The number of ether oxygens (including phenoxy) is 1. The molecule has 2 aliphatic rings. The maximum atomic E-state index is 13.4. The van der Waals surface area contributed by atoms with E-state index >= 15 is 0 Å². The highest BCUT2D eigenvalue weighted by Gasteiger charge is 2.26. The van der Waals surface area contributed by atoms with Crippen LogP contribution in [-0.4, -0.2) is 42.5 Å². The van der Waals surface area contributed by atoms with Crippen LogP contribution in [-0.2, 0) is 0 Å². The maximum Gasteiger partial charge on any atom is 0.253 e. The van der Waals surface area contributed by atoms with Crippen LogP contribution in [0.4, 0.5) is 4.39 Å². The number of nitrogens with zero attached hydrogens (tertiary/aromatic N) is 1. The van der Waals surface area contributed by atoms with Gasteiger partial charge in [0.05, 0.1) is 11.6 Å². The van der Waals surface area contributed by atoms with E-state index in [1.54, 1.807) is 29.2 Å². The molecule has 1 aliphatic carbocycles. The highest BCUT2D eigenvalue weighted by Crippen LogP contribution is 2.23. The fourth-order valence-corrected chi connectivity index (χ4v) is 3.79. The first-order valence-electron chi connectivity index (χ1n) is 10.3. The van der Waals surface area contributed by atoms with Crippen LogP contribution in [0.5, 0.6) is 5.75 Å². The van der Waals surface area contributed by atoms with E-state index in [0.717, 1.165) is 25.7 Å². The van der Waals surface area contributed by atoms with E-state index in [4.69, 9.17) is 16.3 Å². The van der Waals surface area contributed by atoms with E-state index in [2.05, 4.69) is 5.32 Å². The molecule has 0 spiro atoms. The van der Waals surface area contributed by atoms with Gasteiger partial charge in [-0.2, -0.15) is 0 Å². The molecule has 0 aromatic heterocycles. The molecule has 2 fully saturated rings. The van der Waals surface area contributed by atoms with Gasteiger partial charge in [-0.3, -0.25) is 9.59 Å². The molecule has 1 aliphatic heterocycles. The third-order valence-electron chi connectivity index (χ3n) is 5.49. The van der Waals surface area contributed by atoms with E-state index < -0.39 is 5.82 Å². The average molecular weight is 431 g/mol. The quantitative estimate of drug-likeness (QED) is 0.743. The Bertz CT molecular complexity index is 931. The largest absolute Gasteiger partial charge is 0.493 e. The number of halogens is 2. The molecule has 2 aromatic rings.